The first kappa shape index (κ1) is 8.95. The van der Waals surface area contributed by atoms with E-state index < -0.39 is 0 Å². The molecule has 0 aliphatic rings. The summed E-state index contributed by atoms with van der Waals surface area (Å²) in [5.41, 5.74) is 0.623. The van der Waals surface area contributed by atoms with Crippen molar-refractivity contribution in [1.29, 1.82) is 0 Å². The topological polar surface area (TPSA) is 26.3 Å². The zero-order chi connectivity index (χ0) is 7.98. The van der Waals surface area contributed by atoms with Crippen LogP contribution in [0, 0.1) is 0 Å². The van der Waals surface area contributed by atoms with Gasteiger partial charge in [-0.05, 0) is 20.8 Å². The summed E-state index contributed by atoms with van der Waals surface area (Å²) in [5, 5.41) is 0. The third kappa shape index (κ3) is 3.07. The van der Waals surface area contributed by atoms with E-state index in [1.54, 1.807) is 32.9 Å². The van der Waals surface area contributed by atoms with E-state index in [9.17, 15) is 4.79 Å². The van der Waals surface area contributed by atoms with Gasteiger partial charge in [-0.3, -0.25) is 0 Å². The molecule has 0 saturated carbocycles. The number of allylic oxidation sites excluding steroid dienone is 2. The monoisotopic (exact) mass is 140 g/mol. The number of esters is 1. The maximum absolute atomic E-state index is 10.8. The molecule has 0 aliphatic heterocycles. The summed E-state index contributed by atoms with van der Waals surface area (Å²) in [7, 11) is 0. The molecule has 0 heterocycles. The van der Waals surface area contributed by atoms with Gasteiger partial charge in [-0.25, -0.2) is 4.79 Å². The van der Waals surface area contributed by atoms with Crippen LogP contribution in [0.5, 0.6) is 0 Å². The lowest BCUT2D eigenvalue weighted by Crippen LogP contribution is -1.99. The fourth-order valence-electron chi connectivity index (χ4n) is 0.341. The second kappa shape index (κ2) is 4.79. The lowest BCUT2D eigenvalue weighted by atomic mass is 10.3. The van der Waals surface area contributed by atoms with E-state index >= 15 is 0 Å². The van der Waals surface area contributed by atoms with E-state index in [-0.39, 0.29) is 5.97 Å². The normalized spacial score (nSPS) is 12.1. The fraction of sp³-hybridized carbons (Fsp3) is 0.375. The van der Waals surface area contributed by atoms with Crippen molar-refractivity contribution >= 4 is 5.97 Å². The first-order valence-electron chi connectivity index (χ1n) is 3.17. The molecule has 0 unspecified atom stereocenters. The Balaban J connectivity index is 3.86. The summed E-state index contributed by atoms with van der Waals surface area (Å²) in [5.74, 6) is -0.291. The zero-order valence-electron chi connectivity index (χ0n) is 6.55. The van der Waals surface area contributed by atoms with Crippen LogP contribution >= 0.6 is 0 Å². The van der Waals surface area contributed by atoms with Crippen LogP contribution in [0.3, 0.4) is 0 Å². The zero-order valence-corrected chi connectivity index (χ0v) is 6.55. The number of hydrogen-bond donors (Lipinski definition) is 0. The molecule has 0 N–H and O–H groups in total. The largest absolute Gasteiger partial charge is 0.432 e. The van der Waals surface area contributed by atoms with Crippen LogP contribution in [0.25, 0.3) is 0 Å². The Hall–Kier alpha value is -1.05. The molecular weight excluding hydrogens is 128 g/mol. The Bertz CT molecular complexity index is 166. The molecule has 0 amide bonds. The second-order valence-corrected chi connectivity index (χ2v) is 1.85. The maximum Gasteiger partial charge on any atom is 0.338 e. The van der Waals surface area contributed by atoms with Gasteiger partial charge in [-0.15, -0.1) is 0 Å². The van der Waals surface area contributed by atoms with Crippen molar-refractivity contribution in [1.82, 2.24) is 0 Å². The second-order valence-electron chi connectivity index (χ2n) is 1.85. The van der Waals surface area contributed by atoms with Crippen LogP contribution in [0.4, 0.5) is 0 Å². The van der Waals surface area contributed by atoms with Gasteiger partial charge in [0.1, 0.15) is 0 Å². The van der Waals surface area contributed by atoms with Gasteiger partial charge in [0, 0.05) is 5.57 Å². The Morgan fingerprint density at radius 2 is 2.00 bits per heavy atom. The molecule has 0 spiro atoms. The van der Waals surface area contributed by atoms with E-state index in [0.29, 0.717) is 5.57 Å². The van der Waals surface area contributed by atoms with E-state index in [0.717, 1.165) is 0 Å². The minimum atomic E-state index is -0.291. The SMILES string of the molecule is C/C=C/OC(=O)/C(C)=C/C. The molecular formula is C8H12O2. The average molecular weight is 140 g/mol. The quantitative estimate of drug-likeness (QED) is 0.333. The van der Waals surface area contributed by atoms with Crippen LogP contribution in [0.1, 0.15) is 20.8 Å². The van der Waals surface area contributed by atoms with Crippen LogP contribution in [-0.2, 0) is 9.53 Å². The van der Waals surface area contributed by atoms with Crippen molar-refractivity contribution < 1.29 is 9.53 Å². The van der Waals surface area contributed by atoms with Gasteiger partial charge in [-0.2, -0.15) is 0 Å². The first-order valence-corrected chi connectivity index (χ1v) is 3.17. The van der Waals surface area contributed by atoms with Crippen molar-refractivity contribution in [3.63, 3.8) is 0 Å². The molecule has 0 fully saturated rings. The summed E-state index contributed by atoms with van der Waals surface area (Å²) in [6.45, 7) is 5.30. The fourth-order valence-corrected chi connectivity index (χ4v) is 0.341. The molecule has 2 nitrogen and oxygen atoms in total. The van der Waals surface area contributed by atoms with Crippen molar-refractivity contribution in [3.05, 3.63) is 24.0 Å². The molecule has 0 saturated heterocycles. The summed E-state index contributed by atoms with van der Waals surface area (Å²) in [6, 6.07) is 0. The Kier molecular flexibility index (Phi) is 4.29. The molecule has 0 radical (unpaired) electrons. The van der Waals surface area contributed by atoms with Gasteiger partial charge in [0.2, 0.25) is 0 Å². The molecule has 56 valence electrons. The van der Waals surface area contributed by atoms with E-state index in [2.05, 4.69) is 4.74 Å². The molecule has 0 atom stereocenters. The van der Waals surface area contributed by atoms with Crippen molar-refractivity contribution in [2.24, 2.45) is 0 Å². The van der Waals surface area contributed by atoms with Crippen LogP contribution in [0.15, 0.2) is 24.0 Å². The summed E-state index contributed by atoms with van der Waals surface area (Å²) in [4.78, 5) is 10.8. The number of carbonyl (C=O) groups is 1. The van der Waals surface area contributed by atoms with Crippen molar-refractivity contribution in [2.45, 2.75) is 20.8 Å². The van der Waals surface area contributed by atoms with E-state index in [4.69, 9.17) is 0 Å². The van der Waals surface area contributed by atoms with Gasteiger partial charge in [0.05, 0.1) is 6.26 Å². The summed E-state index contributed by atoms with van der Waals surface area (Å²) >= 11 is 0. The number of rotatable bonds is 2. The Morgan fingerprint density at radius 1 is 1.40 bits per heavy atom. The molecule has 0 aromatic rings. The average Bonchev–Trinajstić information content (AvgIpc) is 1.98. The Labute approximate surface area is 61.2 Å². The highest BCUT2D eigenvalue weighted by molar-refractivity contribution is 5.87. The lowest BCUT2D eigenvalue weighted by Gasteiger charge is -1.95. The molecule has 0 aliphatic carbocycles. The van der Waals surface area contributed by atoms with Crippen molar-refractivity contribution in [3.8, 4) is 0 Å². The molecule has 0 rings (SSSR count). The molecule has 0 aromatic carbocycles. The van der Waals surface area contributed by atoms with Crippen LogP contribution in [-0.4, -0.2) is 5.97 Å². The van der Waals surface area contributed by atoms with Gasteiger partial charge in [-0.1, -0.05) is 12.2 Å². The number of carbonyl (C=O) groups excluding carboxylic acids is 1. The highest BCUT2D eigenvalue weighted by Crippen LogP contribution is 1.95. The van der Waals surface area contributed by atoms with Gasteiger partial charge in [0.25, 0.3) is 0 Å². The molecule has 0 aromatic heterocycles. The molecule has 2 heteroatoms. The van der Waals surface area contributed by atoms with E-state index in [1.807, 2.05) is 0 Å². The van der Waals surface area contributed by atoms with E-state index in [1.165, 1.54) is 6.26 Å². The minimum Gasteiger partial charge on any atom is -0.432 e. The smallest absolute Gasteiger partial charge is 0.338 e. The summed E-state index contributed by atoms with van der Waals surface area (Å²) in [6.07, 6.45) is 4.75. The summed E-state index contributed by atoms with van der Waals surface area (Å²) < 4.78 is 4.66. The number of ether oxygens (including phenoxy) is 1. The number of hydrogen-bond acceptors (Lipinski definition) is 2. The van der Waals surface area contributed by atoms with Crippen LogP contribution < -0.4 is 0 Å². The highest BCUT2D eigenvalue weighted by atomic mass is 16.5. The third-order valence-electron chi connectivity index (χ3n) is 1.07. The van der Waals surface area contributed by atoms with Gasteiger partial charge >= 0.3 is 5.97 Å². The first-order chi connectivity index (χ1) is 4.72. The van der Waals surface area contributed by atoms with Gasteiger partial charge < -0.3 is 4.74 Å². The third-order valence-corrected chi connectivity index (χ3v) is 1.07. The lowest BCUT2D eigenvalue weighted by molar-refractivity contribution is -0.133. The molecule has 10 heavy (non-hydrogen) atoms. The van der Waals surface area contributed by atoms with Gasteiger partial charge in [0.15, 0.2) is 0 Å². The standard InChI is InChI=1S/C8H12O2/c1-4-6-10-8(9)7(3)5-2/h4-6H,1-3H3/b6-4+,7-5+. The maximum atomic E-state index is 10.8. The van der Waals surface area contributed by atoms with Crippen LogP contribution in [0.2, 0.25) is 0 Å². The predicted molar refractivity (Wildman–Crippen MR) is 40.3 cm³/mol. The molecule has 0 bridgehead atoms. The minimum absolute atomic E-state index is 0.291. The highest BCUT2D eigenvalue weighted by Gasteiger charge is 1.99. The van der Waals surface area contributed by atoms with Crippen molar-refractivity contribution in [2.75, 3.05) is 0 Å². The Morgan fingerprint density at radius 3 is 2.40 bits per heavy atom. The predicted octanol–water partition coefficient (Wildman–Crippen LogP) is 2.03.